The second-order valence-corrected chi connectivity index (χ2v) is 6.16. The first-order chi connectivity index (χ1) is 11.1. The van der Waals surface area contributed by atoms with Crippen LogP contribution < -0.4 is 10.6 Å². The highest BCUT2D eigenvalue weighted by Gasteiger charge is 2.25. The molecule has 1 rings (SSSR count). The number of halogens is 1. The van der Waals surface area contributed by atoms with Crippen molar-refractivity contribution in [3.63, 3.8) is 0 Å². The van der Waals surface area contributed by atoms with Crippen LogP contribution in [-0.2, 0) is 6.54 Å². The zero-order chi connectivity index (χ0) is 17.1. The van der Waals surface area contributed by atoms with Gasteiger partial charge >= 0.3 is 0 Å². The van der Waals surface area contributed by atoms with E-state index in [1.54, 1.807) is 0 Å². The van der Waals surface area contributed by atoms with E-state index in [9.17, 15) is 5.11 Å². The summed E-state index contributed by atoms with van der Waals surface area (Å²) in [4.78, 5) is 4.71. The second kappa shape index (κ2) is 12.5. The van der Waals surface area contributed by atoms with Gasteiger partial charge in [0.25, 0.3) is 0 Å². The molecule has 0 radical (unpaired) electrons. The topological polar surface area (TPSA) is 56.7 Å². The van der Waals surface area contributed by atoms with Gasteiger partial charge in [0.15, 0.2) is 5.96 Å². The Morgan fingerprint density at radius 3 is 2.33 bits per heavy atom. The number of aliphatic imine (C=N–C) groups is 1. The number of hydrogen-bond acceptors (Lipinski definition) is 2. The van der Waals surface area contributed by atoms with Crippen LogP contribution in [0, 0.1) is 12.3 Å². The summed E-state index contributed by atoms with van der Waals surface area (Å²) in [6.45, 7) is 11.2. The fourth-order valence-corrected chi connectivity index (χ4v) is 2.74. The Morgan fingerprint density at radius 1 is 1.12 bits per heavy atom. The molecule has 0 aliphatic rings. The molecule has 0 fully saturated rings. The number of guanidine groups is 1. The van der Waals surface area contributed by atoms with E-state index in [2.05, 4.69) is 62.6 Å². The maximum absolute atomic E-state index is 9.34. The summed E-state index contributed by atoms with van der Waals surface area (Å²) in [6, 6.07) is 8.35. The summed E-state index contributed by atoms with van der Waals surface area (Å²) in [5, 5.41) is 16.1. The van der Waals surface area contributed by atoms with Crippen molar-refractivity contribution >= 4 is 29.9 Å². The molecule has 0 amide bonds. The van der Waals surface area contributed by atoms with Crippen molar-refractivity contribution in [3.05, 3.63) is 35.4 Å². The van der Waals surface area contributed by atoms with Crippen LogP contribution in [0.4, 0.5) is 0 Å². The van der Waals surface area contributed by atoms with Crippen molar-refractivity contribution in [1.82, 2.24) is 10.6 Å². The van der Waals surface area contributed by atoms with Crippen LogP contribution in [0.2, 0.25) is 0 Å². The van der Waals surface area contributed by atoms with Crippen LogP contribution in [0.25, 0.3) is 0 Å². The lowest BCUT2D eigenvalue weighted by Crippen LogP contribution is -2.43. The number of benzene rings is 1. The van der Waals surface area contributed by atoms with Gasteiger partial charge in [-0.15, -0.1) is 24.0 Å². The number of rotatable bonds is 9. The van der Waals surface area contributed by atoms with Crippen LogP contribution in [0.1, 0.15) is 51.2 Å². The number of nitrogens with zero attached hydrogens (tertiary/aromatic N) is 1. The Bertz CT molecular complexity index is 487. The van der Waals surface area contributed by atoms with Crippen LogP contribution >= 0.6 is 24.0 Å². The first-order valence-electron chi connectivity index (χ1n) is 8.78. The van der Waals surface area contributed by atoms with Gasteiger partial charge in [0.2, 0.25) is 0 Å². The Hall–Kier alpha value is -0.820. The average Bonchev–Trinajstić information content (AvgIpc) is 2.57. The number of aliphatic hydroxyl groups is 1. The molecule has 0 unspecified atom stereocenters. The quantitative estimate of drug-likeness (QED) is 0.306. The van der Waals surface area contributed by atoms with Gasteiger partial charge in [-0.25, -0.2) is 4.99 Å². The summed E-state index contributed by atoms with van der Waals surface area (Å²) in [5.74, 6) is 0.847. The smallest absolute Gasteiger partial charge is 0.191 e. The van der Waals surface area contributed by atoms with E-state index in [1.807, 2.05) is 0 Å². The summed E-state index contributed by atoms with van der Waals surface area (Å²) < 4.78 is 0. The Morgan fingerprint density at radius 2 is 1.79 bits per heavy atom. The van der Waals surface area contributed by atoms with Gasteiger partial charge in [0, 0.05) is 19.7 Å². The minimum atomic E-state index is 0. The first kappa shape index (κ1) is 23.2. The molecule has 1 aromatic carbocycles. The third-order valence-corrected chi connectivity index (χ3v) is 4.79. The molecule has 24 heavy (non-hydrogen) atoms. The lowest BCUT2D eigenvalue weighted by Gasteiger charge is -2.32. The maximum atomic E-state index is 9.34. The minimum absolute atomic E-state index is 0. The molecule has 0 spiro atoms. The van der Waals surface area contributed by atoms with Crippen LogP contribution in [0.5, 0.6) is 0 Å². The zero-order valence-electron chi connectivity index (χ0n) is 15.6. The van der Waals surface area contributed by atoms with Crippen LogP contribution in [0.15, 0.2) is 29.3 Å². The van der Waals surface area contributed by atoms with Gasteiger partial charge in [0.05, 0.1) is 6.54 Å². The average molecular weight is 447 g/mol. The molecule has 5 heteroatoms. The number of hydrogen-bond donors (Lipinski definition) is 3. The van der Waals surface area contributed by atoms with E-state index in [-0.39, 0.29) is 36.0 Å². The fourth-order valence-electron chi connectivity index (χ4n) is 2.74. The largest absolute Gasteiger partial charge is 0.396 e. The van der Waals surface area contributed by atoms with E-state index in [0.29, 0.717) is 6.54 Å². The maximum Gasteiger partial charge on any atom is 0.191 e. The molecule has 0 aliphatic carbocycles. The molecule has 138 valence electrons. The van der Waals surface area contributed by atoms with Crippen molar-refractivity contribution < 1.29 is 5.11 Å². The molecule has 1 aromatic rings. The normalized spacial score (nSPS) is 11.8. The fraction of sp³-hybridized carbons (Fsp3) is 0.632. The molecule has 4 nitrogen and oxygen atoms in total. The highest BCUT2D eigenvalue weighted by molar-refractivity contribution is 14.0. The highest BCUT2D eigenvalue weighted by Crippen LogP contribution is 2.29. The van der Waals surface area contributed by atoms with Crippen molar-refractivity contribution in [3.8, 4) is 0 Å². The summed E-state index contributed by atoms with van der Waals surface area (Å²) in [7, 11) is 0. The third-order valence-electron chi connectivity index (χ3n) is 4.79. The summed E-state index contributed by atoms with van der Waals surface area (Å²) in [5.41, 5.74) is 2.65. The predicted molar refractivity (Wildman–Crippen MR) is 114 cm³/mol. The molecular formula is C19H34IN3O. The Labute approximate surface area is 164 Å². The molecule has 0 saturated heterocycles. The van der Waals surface area contributed by atoms with Gasteiger partial charge in [-0.3, -0.25) is 0 Å². The van der Waals surface area contributed by atoms with Gasteiger partial charge < -0.3 is 15.7 Å². The lowest BCUT2D eigenvalue weighted by molar-refractivity contribution is 0.169. The second-order valence-electron chi connectivity index (χ2n) is 6.16. The van der Waals surface area contributed by atoms with E-state index in [4.69, 9.17) is 4.99 Å². The molecule has 0 atom stereocenters. The van der Waals surface area contributed by atoms with E-state index in [1.165, 1.54) is 11.1 Å². The van der Waals surface area contributed by atoms with Gasteiger partial charge in [-0.2, -0.15) is 0 Å². The van der Waals surface area contributed by atoms with E-state index >= 15 is 0 Å². The summed E-state index contributed by atoms with van der Waals surface area (Å²) in [6.07, 6.45) is 2.92. The molecule has 0 heterocycles. The first-order valence-corrected chi connectivity index (χ1v) is 8.78. The Kier molecular flexibility index (Phi) is 12.1. The number of aliphatic hydroxyl groups excluding tert-OH is 1. The predicted octanol–water partition coefficient (Wildman–Crippen LogP) is 3.86. The van der Waals surface area contributed by atoms with Gasteiger partial charge in [-0.05, 0) is 49.7 Å². The Balaban J connectivity index is 0.00000529. The molecule has 0 aromatic heterocycles. The minimum Gasteiger partial charge on any atom is -0.396 e. The van der Waals surface area contributed by atoms with Crippen molar-refractivity contribution in [2.75, 3.05) is 19.7 Å². The lowest BCUT2D eigenvalue weighted by atomic mass is 9.79. The monoisotopic (exact) mass is 447 g/mol. The van der Waals surface area contributed by atoms with Crippen molar-refractivity contribution in [2.45, 2.75) is 53.5 Å². The van der Waals surface area contributed by atoms with Crippen LogP contribution in [-0.4, -0.2) is 30.8 Å². The SMILES string of the molecule is CCNC(=NCc1ccccc1C)NCC(CC)(CC)CCO.I. The van der Waals surface area contributed by atoms with E-state index in [0.717, 1.165) is 38.3 Å². The summed E-state index contributed by atoms with van der Waals surface area (Å²) >= 11 is 0. The zero-order valence-corrected chi connectivity index (χ0v) is 17.9. The number of nitrogens with one attached hydrogen (secondary N) is 2. The molecular weight excluding hydrogens is 413 g/mol. The van der Waals surface area contributed by atoms with Crippen molar-refractivity contribution in [1.29, 1.82) is 0 Å². The third kappa shape index (κ3) is 7.38. The highest BCUT2D eigenvalue weighted by atomic mass is 127. The van der Waals surface area contributed by atoms with Gasteiger partial charge in [0.1, 0.15) is 0 Å². The van der Waals surface area contributed by atoms with Crippen LogP contribution in [0.3, 0.4) is 0 Å². The molecule has 0 saturated carbocycles. The number of aryl methyl sites for hydroxylation is 1. The molecule has 0 aliphatic heterocycles. The van der Waals surface area contributed by atoms with Crippen molar-refractivity contribution in [2.24, 2.45) is 10.4 Å². The molecule has 3 N–H and O–H groups in total. The van der Waals surface area contributed by atoms with Gasteiger partial charge in [-0.1, -0.05) is 38.1 Å². The standard InChI is InChI=1S/C19H33N3O.HI/c1-5-19(6-2,12-13-23)15-22-18(20-7-3)21-14-17-11-9-8-10-16(17)4;/h8-11,23H,5-7,12-15H2,1-4H3,(H2,20,21,22);1H. The van der Waals surface area contributed by atoms with E-state index < -0.39 is 0 Å². The molecule has 0 bridgehead atoms.